The van der Waals surface area contributed by atoms with Crippen LogP contribution in [0.5, 0.6) is 0 Å². The highest BCUT2D eigenvalue weighted by molar-refractivity contribution is 5.94. The van der Waals surface area contributed by atoms with Gasteiger partial charge in [0, 0.05) is 5.69 Å². The number of rotatable bonds is 2. The molecular weight excluding hydrogens is 206 g/mol. The minimum Gasteiger partial charge on any atom is -0.390 e. The zero-order chi connectivity index (χ0) is 11.5. The van der Waals surface area contributed by atoms with E-state index in [9.17, 15) is 9.59 Å². The summed E-state index contributed by atoms with van der Waals surface area (Å²) in [7, 11) is 0. The fourth-order valence-corrected chi connectivity index (χ4v) is 1.68. The van der Waals surface area contributed by atoms with Crippen molar-refractivity contribution in [3.8, 4) is 0 Å². The second-order valence-corrected chi connectivity index (χ2v) is 3.72. The lowest BCUT2D eigenvalue weighted by molar-refractivity contribution is -0.160. The van der Waals surface area contributed by atoms with Crippen molar-refractivity contribution in [2.45, 2.75) is 13.3 Å². The second-order valence-electron chi connectivity index (χ2n) is 3.72. The zero-order valence-electron chi connectivity index (χ0n) is 9.10. The third kappa shape index (κ3) is 2.21. The molecule has 0 unspecified atom stereocenters. The number of hydrogen-bond acceptors (Lipinski definition) is 4. The number of carbonyl (C=O) groups is 2. The Labute approximate surface area is 93.8 Å². The quantitative estimate of drug-likeness (QED) is 0.552. The van der Waals surface area contributed by atoms with Crippen LogP contribution in [0.15, 0.2) is 24.3 Å². The van der Waals surface area contributed by atoms with Crippen LogP contribution in [0.4, 0.5) is 5.69 Å². The van der Waals surface area contributed by atoms with Crippen LogP contribution in [-0.4, -0.2) is 25.0 Å². The summed E-state index contributed by atoms with van der Waals surface area (Å²) in [5.41, 5.74) is 2.11. The fourth-order valence-electron chi connectivity index (χ4n) is 1.68. The first-order valence-corrected chi connectivity index (χ1v) is 5.26. The summed E-state index contributed by atoms with van der Waals surface area (Å²) in [4.78, 5) is 23.9. The van der Waals surface area contributed by atoms with Crippen LogP contribution in [0.2, 0.25) is 0 Å². The van der Waals surface area contributed by atoms with Gasteiger partial charge in [-0.25, -0.2) is 9.59 Å². The van der Waals surface area contributed by atoms with E-state index in [1.165, 1.54) is 5.56 Å². The molecule has 84 valence electrons. The van der Waals surface area contributed by atoms with Gasteiger partial charge in [0.05, 0.1) is 0 Å². The molecule has 4 nitrogen and oxygen atoms in total. The predicted octanol–water partition coefficient (Wildman–Crippen LogP) is 1.14. The molecule has 1 aliphatic rings. The van der Waals surface area contributed by atoms with E-state index in [4.69, 9.17) is 0 Å². The van der Waals surface area contributed by atoms with Crippen LogP contribution in [-0.2, 0) is 20.7 Å². The SMILES string of the molecule is CCc1ccc(N2CC(=O)OC(=O)C2)cc1. The van der Waals surface area contributed by atoms with Gasteiger partial charge in [-0.2, -0.15) is 0 Å². The molecule has 16 heavy (non-hydrogen) atoms. The Morgan fingerprint density at radius 2 is 1.69 bits per heavy atom. The Morgan fingerprint density at radius 1 is 1.12 bits per heavy atom. The Balaban J connectivity index is 2.16. The molecule has 1 heterocycles. The van der Waals surface area contributed by atoms with Crippen LogP contribution in [0.3, 0.4) is 0 Å². The van der Waals surface area contributed by atoms with Gasteiger partial charge in [0.25, 0.3) is 0 Å². The van der Waals surface area contributed by atoms with Crippen LogP contribution >= 0.6 is 0 Å². The van der Waals surface area contributed by atoms with Crippen molar-refractivity contribution in [1.29, 1.82) is 0 Å². The van der Waals surface area contributed by atoms with Gasteiger partial charge in [0.15, 0.2) is 0 Å². The third-order valence-electron chi connectivity index (χ3n) is 2.58. The van der Waals surface area contributed by atoms with E-state index >= 15 is 0 Å². The van der Waals surface area contributed by atoms with E-state index < -0.39 is 11.9 Å². The van der Waals surface area contributed by atoms with Gasteiger partial charge in [-0.3, -0.25) is 0 Å². The van der Waals surface area contributed by atoms with E-state index in [0.717, 1.165) is 12.1 Å². The van der Waals surface area contributed by atoms with E-state index in [1.807, 2.05) is 24.3 Å². The highest BCUT2D eigenvalue weighted by Gasteiger charge is 2.24. The molecule has 1 aromatic carbocycles. The number of morpholine rings is 1. The Bertz CT molecular complexity index is 395. The van der Waals surface area contributed by atoms with Crippen LogP contribution in [0, 0.1) is 0 Å². The lowest BCUT2D eigenvalue weighted by Gasteiger charge is -2.26. The standard InChI is InChI=1S/C12H13NO3/c1-2-9-3-5-10(6-4-9)13-7-11(14)16-12(15)8-13/h3-6H,2,7-8H2,1H3. The normalized spacial score (nSPS) is 16.2. The van der Waals surface area contributed by atoms with Crippen LogP contribution in [0.25, 0.3) is 0 Å². The summed E-state index contributed by atoms with van der Waals surface area (Å²) in [6, 6.07) is 7.84. The number of hydrogen-bond donors (Lipinski definition) is 0. The first-order chi connectivity index (χ1) is 7.69. The van der Waals surface area contributed by atoms with Gasteiger partial charge in [0.1, 0.15) is 13.1 Å². The van der Waals surface area contributed by atoms with Crippen molar-refractivity contribution in [3.63, 3.8) is 0 Å². The zero-order valence-corrected chi connectivity index (χ0v) is 9.10. The van der Waals surface area contributed by atoms with E-state index in [-0.39, 0.29) is 13.1 Å². The summed E-state index contributed by atoms with van der Waals surface area (Å²) in [6.45, 7) is 2.35. The highest BCUT2D eigenvalue weighted by atomic mass is 16.6. The van der Waals surface area contributed by atoms with Gasteiger partial charge >= 0.3 is 11.9 Å². The lowest BCUT2D eigenvalue weighted by atomic mass is 10.1. The number of aryl methyl sites for hydroxylation is 1. The molecule has 0 bridgehead atoms. The molecule has 1 saturated heterocycles. The number of ether oxygens (including phenoxy) is 1. The molecule has 2 rings (SSSR count). The maximum absolute atomic E-state index is 11.1. The predicted molar refractivity (Wildman–Crippen MR) is 59.1 cm³/mol. The van der Waals surface area contributed by atoms with Crippen molar-refractivity contribution in [3.05, 3.63) is 29.8 Å². The van der Waals surface area contributed by atoms with Crippen molar-refractivity contribution in [2.24, 2.45) is 0 Å². The monoisotopic (exact) mass is 219 g/mol. The molecule has 1 fully saturated rings. The molecule has 0 spiro atoms. The number of benzene rings is 1. The number of nitrogens with zero attached hydrogens (tertiary/aromatic N) is 1. The molecule has 0 aliphatic carbocycles. The van der Waals surface area contributed by atoms with Gasteiger partial charge in [-0.15, -0.1) is 0 Å². The van der Waals surface area contributed by atoms with Gasteiger partial charge in [0.2, 0.25) is 0 Å². The van der Waals surface area contributed by atoms with E-state index in [1.54, 1.807) is 4.90 Å². The topological polar surface area (TPSA) is 46.6 Å². The lowest BCUT2D eigenvalue weighted by Crippen LogP contribution is -2.42. The highest BCUT2D eigenvalue weighted by Crippen LogP contribution is 2.17. The number of cyclic esters (lactones) is 2. The first kappa shape index (κ1) is 10.7. The molecule has 1 aromatic rings. The average molecular weight is 219 g/mol. The maximum Gasteiger partial charge on any atom is 0.333 e. The fraction of sp³-hybridized carbons (Fsp3) is 0.333. The largest absolute Gasteiger partial charge is 0.390 e. The first-order valence-electron chi connectivity index (χ1n) is 5.26. The molecule has 1 aliphatic heterocycles. The Hall–Kier alpha value is -1.84. The third-order valence-corrected chi connectivity index (χ3v) is 2.58. The van der Waals surface area contributed by atoms with Crippen LogP contribution < -0.4 is 4.90 Å². The minimum absolute atomic E-state index is 0.136. The van der Waals surface area contributed by atoms with Crippen molar-refractivity contribution < 1.29 is 14.3 Å². The molecule has 0 saturated carbocycles. The summed E-state index contributed by atoms with van der Waals surface area (Å²) in [6.07, 6.45) is 0.973. The maximum atomic E-state index is 11.1. The van der Waals surface area contributed by atoms with Gasteiger partial charge < -0.3 is 9.64 Å². The molecule has 0 N–H and O–H groups in total. The van der Waals surface area contributed by atoms with E-state index in [2.05, 4.69) is 11.7 Å². The molecular formula is C12H13NO3. The summed E-state index contributed by atoms with van der Waals surface area (Å²) in [5, 5.41) is 0. The molecule has 0 amide bonds. The summed E-state index contributed by atoms with van der Waals surface area (Å²) in [5.74, 6) is -0.980. The number of esters is 2. The molecule has 0 aromatic heterocycles. The van der Waals surface area contributed by atoms with Gasteiger partial charge in [-0.05, 0) is 24.1 Å². The molecule has 0 radical (unpaired) electrons. The molecule has 0 atom stereocenters. The summed E-state index contributed by atoms with van der Waals surface area (Å²) < 4.78 is 4.46. The Kier molecular flexibility index (Phi) is 2.90. The number of carbonyl (C=O) groups excluding carboxylic acids is 2. The summed E-state index contributed by atoms with van der Waals surface area (Å²) >= 11 is 0. The minimum atomic E-state index is -0.490. The van der Waals surface area contributed by atoms with Crippen molar-refractivity contribution >= 4 is 17.6 Å². The van der Waals surface area contributed by atoms with E-state index in [0.29, 0.717) is 0 Å². The smallest absolute Gasteiger partial charge is 0.333 e. The number of anilines is 1. The Morgan fingerprint density at radius 3 is 2.19 bits per heavy atom. The second kappa shape index (κ2) is 4.35. The van der Waals surface area contributed by atoms with Crippen LogP contribution in [0.1, 0.15) is 12.5 Å². The average Bonchev–Trinajstić information content (AvgIpc) is 2.28. The van der Waals surface area contributed by atoms with Gasteiger partial charge in [-0.1, -0.05) is 19.1 Å². The van der Waals surface area contributed by atoms with Crippen molar-refractivity contribution in [2.75, 3.05) is 18.0 Å². The van der Waals surface area contributed by atoms with Crippen molar-refractivity contribution in [1.82, 2.24) is 0 Å². The molecule has 4 heteroatoms.